The molecule has 1 atom stereocenters. The molecule has 0 amide bonds. The Morgan fingerprint density at radius 2 is 1.93 bits per heavy atom. The molecule has 0 aliphatic heterocycles. The Hall–Kier alpha value is -0.390. The fraction of sp³-hybridized carbons (Fsp3) is 0.667. The van der Waals surface area contributed by atoms with E-state index in [4.69, 9.17) is 16.2 Å². The molecule has 0 aromatic rings. The maximum Gasteiger partial charge on any atom is 0.326 e. The fourth-order valence-corrected chi connectivity index (χ4v) is 0.734. The highest BCUT2D eigenvalue weighted by molar-refractivity contribution is 5.86. The van der Waals surface area contributed by atoms with Crippen LogP contribution in [0.15, 0.2) is 0 Å². The van der Waals surface area contributed by atoms with Crippen molar-refractivity contribution in [2.45, 2.75) is 25.8 Å². The zero-order chi connectivity index (χ0) is 8.85. The van der Waals surface area contributed by atoms with Crippen molar-refractivity contribution >= 4 is 49.1 Å². The molecular weight excluding hydrogens is 252 g/mol. The maximum absolute atomic E-state index is 10.4. The fourth-order valence-electron chi connectivity index (χ4n) is 0.734. The Morgan fingerprint density at radius 1 is 1.50 bits per heavy atom. The number of hydrogen-bond acceptors (Lipinski definition) is 2. The molecule has 5 N–H and O–H groups in total. The molecule has 0 aromatic carbocycles. The van der Waals surface area contributed by atoms with Crippen molar-refractivity contribution in [2.24, 2.45) is 5.73 Å². The Balaban J connectivity index is -0.000000167. The SMILES string of the molecule is CCCC(NC(=N)N)C(=O)O.Cl.Cl.Cl. The van der Waals surface area contributed by atoms with Crippen LogP contribution in [0.2, 0.25) is 0 Å². The van der Waals surface area contributed by atoms with Crippen molar-refractivity contribution in [3.05, 3.63) is 0 Å². The van der Waals surface area contributed by atoms with Gasteiger partial charge in [-0.25, -0.2) is 4.79 Å². The topological polar surface area (TPSA) is 99.2 Å². The van der Waals surface area contributed by atoms with E-state index in [1.54, 1.807) is 0 Å². The zero-order valence-electron chi connectivity index (χ0n) is 7.65. The highest BCUT2D eigenvalue weighted by Gasteiger charge is 2.15. The second-order valence-corrected chi connectivity index (χ2v) is 2.24. The van der Waals surface area contributed by atoms with Crippen LogP contribution >= 0.6 is 37.2 Å². The first kappa shape index (κ1) is 23.4. The number of rotatable bonds is 4. The molecule has 0 heterocycles. The molecule has 1 unspecified atom stereocenters. The van der Waals surface area contributed by atoms with Gasteiger partial charge in [0, 0.05) is 0 Å². The molecule has 88 valence electrons. The van der Waals surface area contributed by atoms with E-state index in [0.717, 1.165) is 6.42 Å². The van der Waals surface area contributed by atoms with Crippen molar-refractivity contribution in [1.29, 1.82) is 5.41 Å². The van der Waals surface area contributed by atoms with Crippen LogP contribution in [0, 0.1) is 5.41 Å². The molecule has 0 saturated carbocycles. The summed E-state index contributed by atoms with van der Waals surface area (Å²) >= 11 is 0. The van der Waals surface area contributed by atoms with Crippen LogP contribution < -0.4 is 11.1 Å². The first-order valence-corrected chi connectivity index (χ1v) is 3.41. The number of carboxylic acid groups (broad SMARTS) is 1. The van der Waals surface area contributed by atoms with E-state index in [9.17, 15) is 4.79 Å². The Morgan fingerprint density at radius 3 is 2.14 bits per heavy atom. The summed E-state index contributed by atoms with van der Waals surface area (Å²) in [6, 6.07) is -0.725. The van der Waals surface area contributed by atoms with Gasteiger partial charge in [-0.3, -0.25) is 5.41 Å². The number of nitrogens with two attached hydrogens (primary N) is 1. The first-order chi connectivity index (χ1) is 5.07. The summed E-state index contributed by atoms with van der Waals surface area (Å²) in [6.45, 7) is 1.87. The summed E-state index contributed by atoms with van der Waals surface area (Å²) < 4.78 is 0. The highest BCUT2D eigenvalue weighted by atomic mass is 35.5. The quantitative estimate of drug-likeness (QED) is 0.451. The largest absolute Gasteiger partial charge is 0.480 e. The van der Waals surface area contributed by atoms with Crippen LogP contribution in [0.3, 0.4) is 0 Å². The molecule has 0 aliphatic rings. The Bertz CT molecular complexity index is 168. The van der Waals surface area contributed by atoms with Gasteiger partial charge >= 0.3 is 5.97 Å². The number of halogens is 3. The van der Waals surface area contributed by atoms with Gasteiger partial charge in [-0.1, -0.05) is 13.3 Å². The van der Waals surface area contributed by atoms with Crippen molar-refractivity contribution in [2.75, 3.05) is 0 Å². The molecule has 0 bridgehead atoms. The third kappa shape index (κ3) is 11.6. The van der Waals surface area contributed by atoms with Gasteiger partial charge in [-0.05, 0) is 6.42 Å². The van der Waals surface area contributed by atoms with Crippen molar-refractivity contribution < 1.29 is 9.90 Å². The van der Waals surface area contributed by atoms with E-state index in [1.807, 2.05) is 6.92 Å². The summed E-state index contributed by atoms with van der Waals surface area (Å²) in [5.74, 6) is -1.27. The molecule has 0 aromatic heterocycles. The molecule has 0 fully saturated rings. The maximum atomic E-state index is 10.4. The monoisotopic (exact) mass is 267 g/mol. The first-order valence-electron chi connectivity index (χ1n) is 3.41. The third-order valence-corrected chi connectivity index (χ3v) is 1.21. The number of aliphatic carboxylic acids is 1. The lowest BCUT2D eigenvalue weighted by molar-refractivity contribution is -0.139. The third-order valence-electron chi connectivity index (χ3n) is 1.21. The second kappa shape index (κ2) is 12.6. The minimum Gasteiger partial charge on any atom is -0.480 e. The molecular formula is C6H16Cl3N3O2. The predicted octanol–water partition coefficient (Wildman–Crippen LogP) is 0.988. The molecule has 0 saturated heterocycles. The molecule has 8 heteroatoms. The van der Waals surface area contributed by atoms with Crippen molar-refractivity contribution in [3.63, 3.8) is 0 Å². The van der Waals surface area contributed by atoms with Gasteiger partial charge in [-0.15, -0.1) is 37.2 Å². The van der Waals surface area contributed by atoms with Crippen LogP contribution in [0.4, 0.5) is 0 Å². The van der Waals surface area contributed by atoms with E-state index in [-0.39, 0.29) is 43.2 Å². The summed E-state index contributed by atoms with van der Waals surface area (Å²) in [6.07, 6.45) is 1.23. The zero-order valence-corrected chi connectivity index (χ0v) is 10.1. The molecule has 0 rings (SSSR count). The molecule has 0 radical (unpaired) electrons. The van der Waals surface area contributed by atoms with Gasteiger partial charge in [-0.2, -0.15) is 0 Å². The summed E-state index contributed by atoms with van der Waals surface area (Å²) in [5, 5.41) is 17.7. The Kier molecular flexibility index (Phi) is 21.1. The molecule has 0 spiro atoms. The van der Waals surface area contributed by atoms with Crippen LogP contribution in [0.5, 0.6) is 0 Å². The number of carboxylic acids is 1. The average molecular weight is 269 g/mol. The van der Waals surface area contributed by atoms with E-state index < -0.39 is 12.0 Å². The lowest BCUT2D eigenvalue weighted by Crippen LogP contribution is -2.43. The van der Waals surface area contributed by atoms with Crippen molar-refractivity contribution in [1.82, 2.24) is 5.32 Å². The highest BCUT2D eigenvalue weighted by Crippen LogP contribution is 1.95. The lowest BCUT2D eigenvalue weighted by Gasteiger charge is -2.12. The van der Waals surface area contributed by atoms with E-state index >= 15 is 0 Å². The molecule has 14 heavy (non-hydrogen) atoms. The van der Waals surface area contributed by atoms with Gasteiger partial charge < -0.3 is 16.2 Å². The van der Waals surface area contributed by atoms with Crippen LogP contribution in [0.1, 0.15) is 19.8 Å². The van der Waals surface area contributed by atoms with Gasteiger partial charge in [0.2, 0.25) is 0 Å². The summed E-state index contributed by atoms with van der Waals surface area (Å²) in [5.41, 5.74) is 4.97. The van der Waals surface area contributed by atoms with Crippen LogP contribution in [0.25, 0.3) is 0 Å². The molecule has 5 nitrogen and oxygen atoms in total. The van der Waals surface area contributed by atoms with E-state index in [1.165, 1.54) is 0 Å². The Labute approximate surface area is 102 Å². The van der Waals surface area contributed by atoms with E-state index in [2.05, 4.69) is 5.32 Å². The summed E-state index contributed by atoms with van der Waals surface area (Å²) in [4.78, 5) is 10.4. The minimum atomic E-state index is -0.970. The standard InChI is InChI=1S/C6H13N3O2.3ClH/c1-2-3-4(5(10)11)9-6(7)8;;;/h4H,2-3H2,1H3,(H,10,11)(H4,7,8,9);3*1H. The van der Waals surface area contributed by atoms with Gasteiger partial charge in [0.05, 0.1) is 0 Å². The van der Waals surface area contributed by atoms with Crippen LogP contribution in [-0.2, 0) is 4.79 Å². The number of guanidine groups is 1. The lowest BCUT2D eigenvalue weighted by atomic mass is 10.2. The number of hydrogen-bond donors (Lipinski definition) is 4. The van der Waals surface area contributed by atoms with Crippen molar-refractivity contribution in [3.8, 4) is 0 Å². The van der Waals surface area contributed by atoms with Gasteiger partial charge in [0.1, 0.15) is 6.04 Å². The van der Waals surface area contributed by atoms with Gasteiger partial charge in [0.25, 0.3) is 0 Å². The smallest absolute Gasteiger partial charge is 0.326 e. The minimum absolute atomic E-state index is 0. The van der Waals surface area contributed by atoms with Crippen LogP contribution in [-0.4, -0.2) is 23.1 Å². The average Bonchev–Trinajstić information content (AvgIpc) is 1.86. The summed E-state index contributed by atoms with van der Waals surface area (Å²) in [7, 11) is 0. The van der Waals surface area contributed by atoms with E-state index in [0.29, 0.717) is 6.42 Å². The second-order valence-electron chi connectivity index (χ2n) is 2.24. The number of nitrogens with one attached hydrogen (secondary N) is 2. The number of carbonyl (C=O) groups is 1. The van der Waals surface area contributed by atoms with Gasteiger partial charge in [0.15, 0.2) is 5.96 Å². The molecule has 0 aliphatic carbocycles. The predicted molar refractivity (Wildman–Crippen MR) is 63.1 cm³/mol. The normalized spacial score (nSPS) is 9.50.